The number of hydrogen-bond acceptors (Lipinski definition) is 3. The fourth-order valence-electron chi connectivity index (χ4n) is 2.89. The molecule has 0 saturated heterocycles. The number of fused-ring (bicyclic) bond motifs is 1. The van der Waals surface area contributed by atoms with E-state index in [2.05, 4.69) is 5.32 Å². The number of aryl methyl sites for hydroxylation is 1. The Morgan fingerprint density at radius 3 is 2.58 bits per heavy atom. The van der Waals surface area contributed by atoms with Crippen molar-refractivity contribution in [3.63, 3.8) is 0 Å². The molecule has 1 aliphatic rings. The fraction of sp³-hybridized carbons (Fsp3) is 0.474. The number of carboxylic acids is 1. The monoisotopic (exact) mass is 331 g/mol. The van der Waals surface area contributed by atoms with Crippen LogP contribution in [-0.2, 0) is 22.4 Å². The maximum atomic E-state index is 11.9. The average Bonchev–Trinajstić information content (AvgIpc) is 2.44. The molecule has 0 aliphatic heterocycles. The van der Waals surface area contributed by atoms with Crippen LogP contribution in [0, 0.1) is 6.92 Å². The van der Waals surface area contributed by atoms with Crippen LogP contribution in [-0.4, -0.2) is 22.8 Å². The minimum Gasteiger partial charge on any atom is -0.481 e. The largest absolute Gasteiger partial charge is 0.481 e. The van der Waals surface area contributed by atoms with Crippen LogP contribution in [0.1, 0.15) is 55.9 Å². The van der Waals surface area contributed by atoms with E-state index in [0.717, 1.165) is 28.8 Å². The molecule has 24 heavy (non-hydrogen) atoms. The molecule has 0 radical (unpaired) electrons. The van der Waals surface area contributed by atoms with Crippen LogP contribution < -0.4 is 5.32 Å². The number of aliphatic carboxylic acids is 1. The van der Waals surface area contributed by atoms with Crippen molar-refractivity contribution in [3.05, 3.63) is 40.1 Å². The molecule has 5 nitrogen and oxygen atoms in total. The summed E-state index contributed by atoms with van der Waals surface area (Å²) in [5.74, 6) is -0.786. The van der Waals surface area contributed by atoms with Crippen molar-refractivity contribution in [2.24, 2.45) is 0 Å². The van der Waals surface area contributed by atoms with E-state index in [4.69, 9.17) is 9.84 Å². The molecule has 1 aliphatic carbocycles. The molecule has 0 atom stereocenters. The van der Waals surface area contributed by atoms with Gasteiger partial charge in [0, 0.05) is 12.1 Å². The van der Waals surface area contributed by atoms with Gasteiger partial charge < -0.3 is 9.84 Å². The van der Waals surface area contributed by atoms with Crippen molar-refractivity contribution in [2.45, 2.75) is 59.0 Å². The van der Waals surface area contributed by atoms with Crippen molar-refractivity contribution in [2.75, 3.05) is 0 Å². The highest BCUT2D eigenvalue weighted by molar-refractivity contribution is 5.74. The quantitative estimate of drug-likeness (QED) is 0.879. The molecule has 1 amide bonds. The summed E-state index contributed by atoms with van der Waals surface area (Å²) in [5, 5.41) is 11.7. The van der Waals surface area contributed by atoms with Gasteiger partial charge in [0.2, 0.25) is 0 Å². The van der Waals surface area contributed by atoms with Crippen LogP contribution in [0.2, 0.25) is 0 Å². The van der Waals surface area contributed by atoms with E-state index >= 15 is 0 Å². The van der Waals surface area contributed by atoms with E-state index in [1.807, 2.05) is 45.9 Å². The number of carboxylic acid groups (broad SMARTS) is 1. The van der Waals surface area contributed by atoms with Crippen molar-refractivity contribution >= 4 is 18.1 Å². The van der Waals surface area contributed by atoms with Gasteiger partial charge in [-0.1, -0.05) is 12.1 Å². The molecule has 5 heteroatoms. The molecule has 0 aromatic heterocycles. The summed E-state index contributed by atoms with van der Waals surface area (Å²) in [6.07, 6.45) is 3.66. The number of carbonyl (C=O) groups is 2. The first kappa shape index (κ1) is 18.0. The fourth-order valence-corrected chi connectivity index (χ4v) is 2.89. The molecule has 0 bridgehead atoms. The Morgan fingerprint density at radius 2 is 1.96 bits per heavy atom. The number of rotatable bonds is 4. The minimum absolute atomic E-state index is 0.129. The topological polar surface area (TPSA) is 75.6 Å². The lowest BCUT2D eigenvalue weighted by Gasteiger charge is -2.24. The van der Waals surface area contributed by atoms with Crippen molar-refractivity contribution in [3.8, 4) is 0 Å². The highest BCUT2D eigenvalue weighted by atomic mass is 16.6. The SMILES string of the molecule is Cc1ccc2c(c1CCC(=O)O)CCC(NC(=O)OC(C)(C)C)=C2. The summed E-state index contributed by atoms with van der Waals surface area (Å²) in [6.45, 7) is 7.49. The van der Waals surface area contributed by atoms with Gasteiger partial charge in [0.05, 0.1) is 0 Å². The third-order valence-electron chi connectivity index (χ3n) is 3.93. The number of allylic oxidation sites excluding steroid dienone is 1. The Balaban J connectivity index is 2.18. The highest BCUT2D eigenvalue weighted by Gasteiger charge is 2.20. The second kappa shape index (κ2) is 7.07. The van der Waals surface area contributed by atoms with Crippen LogP contribution >= 0.6 is 0 Å². The Hall–Kier alpha value is -2.30. The van der Waals surface area contributed by atoms with Gasteiger partial charge in [-0.25, -0.2) is 4.79 Å². The second-order valence-corrected chi connectivity index (χ2v) is 7.12. The highest BCUT2D eigenvalue weighted by Crippen LogP contribution is 2.29. The molecule has 0 heterocycles. The summed E-state index contributed by atoms with van der Waals surface area (Å²) in [6, 6.07) is 4.02. The lowest BCUT2D eigenvalue weighted by Crippen LogP contribution is -2.32. The molecule has 1 aromatic carbocycles. The number of ether oxygens (including phenoxy) is 1. The summed E-state index contributed by atoms with van der Waals surface area (Å²) in [7, 11) is 0. The minimum atomic E-state index is -0.786. The lowest BCUT2D eigenvalue weighted by molar-refractivity contribution is -0.136. The van der Waals surface area contributed by atoms with Gasteiger partial charge in [0.15, 0.2) is 0 Å². The van der Waals surface area contributed by atoms with Crippen LogP contribution in [0.5, 0.6) is 0 Å². The van der Waals surface area contributed by atoms with Gasteiger partial charge in [0.25, 0.3) is 0 Å². The van der Waals surface area contributed by atoms with E-state index in [0.29, 0.717) is 12.8 Å². The van der Waals surface area contributed by atoms with E-state index in [1.165, 1.54) is 5.56 Å². The number of hydrogen-bond donors (Lipinski definition) is 2. The molecular weight excluding hydrogens is 306 g/mol. The first-order chi connectivity index (χ1) is 11.2. The molecule has 1 aromatic rings. The van der Waals surface area contributed by atoms with Gasteiger partial charge in [-0.05, 0) is 75.3 Å². The van der Waals surface area contributed by atoms with E-state index < -0.39 is 17.7 Å². The maximum absolute atomic E-state index is 11.9. The predicted molar refractivity (Wildman–Crippen MR) is 92.8 cm³/mol. The van der Waals surface area contributed by atoms with E-state index in [9.17, 15) is 9.59 Å². The number of alkyl carbamates (subject to hydrolysis) is 1. The van der Waals surface area contributed by atoms with Crippen molar-refractivity contribution < 1.29 is 19.4 Å². The van der Waals surface area contributed by atoms with Gasteiger partial charge in [-0.3, -0.25) is 10.1 Å². The number of benzene rings is 1. The summed E-state index contributed by atoms with van der Waals surface area (Å²) in [4.78, 5) is 22.8. The third kappa shape index (κ3) is 4.85. The lowest BCUT2D eigenvalue weighted by atomic mass is 9.87. The van der Waals surface area contributed by atoms with Crippen LogP contribution in [0.3, 0.4) is 0 Å². The third-order valence-corrected chi connectivity index (χ3v) is 3.93. The van der Waals surface area contributed by atoms with Gasteiger partial charge in [-0.2, -0.15) is 0 Å². The van der Waals surface area contributed by atoms with Gasteiger partial charge in [0.1, 0.15) is 5.60 Å². The Morgan fingerprint density at radius 1 is 1.25 bits per heavy atom. The molecule has 2 rings (SSSR count). The summed E-state index contributed by atoms with van der Waals surface area (Å²) in [5.41, 5.74) is 4.75. The zero-order chi connectivity index (χ0) is 17.9. The summed E-state index contributed by atoms with van der Waals surface area (Å²) < 4.78 is 5.28. The van der Waals surface area contributed by atoms with Crippen molar-refractivity contribution in [1.29, 1.82) is 0 Å². The number of amides is 1. The Bertz CT molecular complexity index is 683. The number of carbonyl (C=O) groups excluding carboxylic acids is 1. The average molecular weight is 331 g/mol. The molecular formula is C19H25NO4. The smallest absolute Gasteiger partial charge is 0.411 e. The maximum Gasteiger partial charge on any atom is 0.411 e. The van der Waals surface area contributed by atoms with E-state index in [-0.39, 0.29) is 6.42 Å². The van der Waals surface area contributed by atoms with Gasteiger partial charge in [-0.15, -0.1) is 0 Å². The van der Waals surface area contributed by atoms with Crippen LogP contribution in [0.4, 0.5) is 4.79 Å². The van der Waals surface area contributed by atoms with Crippen molar-refractivity contribution in [1.82, 2.24) is 5.32 Å². The molecule has 0 fully saturated rings. The molecule has 0 unspecified atom stereocenters. The zero-order valence-corrected chi connectivity index (χ0v) is 14.7. The molecule has 2 N–H and O–H groups in total. The first-order valence-corrected chi connectivity index (χ1v) is 8.19. The van der Waals surface area contributed by atoms with E-state index in [1.54, 1.807) is 0 Å². The molecule has 130 valence electrons. The Kier molecular flexibility index (Phi) is 5.32. The van der Waals surface area contributed by atoms with Gasteiger partial charge >= 0.3 is 12.1 Å². The first-order valence-electron chi connectivity index (χ1n) is 8.19. The second-order valence-electron chi connectivity index (χ2n) is 7.12. The van der Waals surface area contributed by atoms with Crippen LogP contribution in [0.15, 0.2) is 17.8 Å². The predicted octanol–water partition coefficient (Wildman–Crippen LogP) is 3.82. The normalized spacial score (nSPS) is 13.8. The number of nitrogens with one attached hydrogen (secondary N) is 1. The Labute approximate surface area is 142 Å². The standard InChI is InChI=1S/C19H25NO4/c1-12-5-6-13-11-14(20-18(23)24-19(2,3)4)7-8-16(13)15(12)9-10-17(21)22/h5-6,11H,7-10H2,1-4H3,(H,20,23)(H,21,22). The zero-order valence-electron chi connectivity index (χ0n) is 14.7. The molecule has 0 spiro atoms. The van der Waals surface area contributed by atoms with Crippen LogP contribution in [0.25, 0.3) is 6.08 Å². The summed E-state index contributed by atoms with van der Waals surface area (Å²) >= 11 is 0. The molecule has 0 saturated carbocycles.